The number of H-pyrrole nitrogens is 1. The van der Waals surface area contributed by atoms with Crippen molar-refractivity contribution in [3.8, 4) is 0 Å². The Hall–Kier alpha value is -1.24. The summed E-state index contributed by atoms with van der Waals surface area (Å²) in [4.78, 5) is 10.9. The van der Waals surface area contributed by atoms with Crippen molar-refractivity contribution in [2.75, 3.05) is 26.2 Å². The van der Waals surface area contributed by atoms with Crippen LogP contribution in [0.5, 0.6) is 0 Å². The molecule has 1 spiro atoms. The van der Waals surface area contributed by atoms with Crippen molar-refractivity contribution in [2.24, 2.45) is 10.4 Å². The highest BCUT2D eigenvalue weighted by molar-refractivity contribution is 14.0. The molecule has 2 heterocycles. The lowest BCUT2D eigenvalue weighted by Crippen LogP contribution is -2.42. The van der Waals surface area contributed by atoms with Crippen LogP contribution in [-0.4, -0.2) is 42.0 Å². The van der Waals surface area contributed by atoms with Crippen molar-refractivity contribution in [3.63, 3.8) is 0 Å². The first-order valence-corrected chi connectivity index (χ1v) is 9.38. The van der Waals surface area contributed by atoms with Gasteiger partial charge in [0.15, 0.2) is 5.96 Å². The van der Waals surface area contributed by atoms with E-state index < -0.39 is 0 Å². The Morgan fingerprint density at radius 2 is 2.12 bits per heavy atom. The van der Waals surface area contributed by atoms with Crippen LogP contribution >= 0.6 is 24.0 Å². The maximum absolute atomic E-state index is 4.90. The standard InChI is InChI=1S/C20H28N4.HI/c1-2-21-19(24-13-11-20(15-24)9-5-10-20)22-12-8-17-14-16-6-3-4-7-18(16)23-17;/h3-4,6-7,14,23H,2,5,8-13,15H2,1H3,(H,21,22);1H. The smallest absolute Gasteiger partial charge is 0.193 e. The Morgan fingerprint density at radius 1 is 1.28 bits per heavy atom. The van der Waals surface area contributed by atoms with Gasteiger partial charge >= 0.3 is 0 Å². The highest BCUT2D eigenvalue weighted by Gasteiger charge is 2.43. The molecule has 4 nitrogen and oxygen atoms in total. The lowest BCUT2D eigenvalue weighted by Gasteiger charge is -2.38. The van der Waals surface area contributed by atoms with E-state index in [0.29, 0.717) is 5.41 Å². The quantitative estimate of drug-likeness (QED) is 0.416. The molecule has 1 saturated carbocycles. The third-order valence-corrected chi connectivity index (χ3v) is 5.72. The third-order valence-electron chi connectivity index (χ3n) is 5.72. The van der Waals surface area contributed by atoms with Crippen molar-refractivity contribution in [2.45, 2.75) is 39.0 Å². The fourth-order valence-electron chi connectivity index (χ4n) is 4.18. The number of hydrogen-bond acceptors (Lipinski definition) is 1. The van der Waals surface area contributed by atoms with Crippen molar-refractivity contribution in [3.05, 3.63) is 36.0 Å². The molecule has 136 valence electrons. The van der Waals surface area contributed by atoms with Gasteiger partial charge in [-0.05, 0) is 49.1 Å². The molecular weight excluding hydrogens is 423 g/mol. The van der Waals surface area contributed by atoms with E-state index in [1.54, 1.807) is 0 Å². The summed E-state index contributed by atoms with van der Waals surface area (Å²) in [7, 11) is 0. The Labute approximate surface area is 167 Å². The second-order valence-electron chi connectivity index (χ2n) is 7.39. The van der Waals surface area contributed by atoms with Crippen LogP contribution in [0.25, 0.3) is 10.9 Å². The second kappa shape index (κ2) is 7.98. The van der Waals surface area contributed by atoms with E-state index in [9.17, 15) is 0 Å². The number of guanidine groups is 1. The van der Waals surface area contributed by atoms with Gasteiger partial charge in [0.05, 0.1) is 0 Å². The molecule has 5 heteroatoms. The highest BCUT2D eigenvalue weighted by atomic mass is 127. The summed E-state index contributed by atoms with van der Waals surface area (Å²) < 4.78 is 0. The van der Waals surface area contributed by atoms with E-state index in [1.165, 1.54) is 48.8 Å². The maximum atomic E-state index is 4.90. The molecule has 1 aromatic heterocycles. The summed E-state index contributed by atoms with van der Waals surface area (Å²) in [5.41, 5.74) is 3.11. The molecule has 2 fully saturated rings. The molecule has 1 aliphatic carbocycles. The predicted molar refractivity (Wildman–Crippen MR) is 116 cm³/mol. The zero-order valence-corrected chi connectivity index (χ0v) is 17.4. The van der Waals surface area contributed by atoms with Crippen molar-refractivity contribution < 1.29 is 0 Å². The van der Waals surface area contributed by atoms with Crippen LogP contribution in [0.15, 0.2) is 35.3 Å². The van der Waals surface area contributed by atoms with Crippen molar-refractivity contribution in [1.82, 2.24) is 15.2 Å². The fraction of sp³-hybridized carbons (Fsp3) is 0.550. The molecule has 0 unspecified atom stereocenters. The summed E-state index contributed by atoms with van der Waals surface area (Å²) in [5.74, 6) is 1.11. The SMILES string of the molecule is CCNC(=NCCc1cc2ccccc2[nH]1)N1CCC2(CCC2)C1.I. The second-order valence-corrected chi connectivity index (χ2v) is 7.39. The van der Waals surface area contributed by atoms with E-state index in [4.69, 9.17) is 4.99 Å². The summed E-state index contributed by atoms with van der Waals surface area (Å²) in [5, 5.41) is 4.78. The van der Waals surface area contributed by atoms with Crippen LogP contribution < -0.4 is 5.32 Å². The maximum Gasteiger partial charge on any atom is 0.193 e. The Bertz CT molecular complexity index is 699. The zero-order chi connectivity index (χ0) is 16.4. The Morgan fingerprint density at radius 3 is 2.80 bits per heavy atom. The first kappa shape index (κ1) is 18.5. The van der Waals surface area contributed by atoms with Gasteiger partial charge in [0.2, 0.25) is 0 Å². The van der Waals surface area contributed by atoms with Crippen LogP contribution in [0.1, 0.15) is 38.3 Å². The largest absolute Gasteiger partial charge is 0.358 e. The van der Waals surface area contributed by atoms with E-state index in [1.807, 2.05) is 0 Å². The molecule has 0 radical (unpaired) electrons. The normalized spacial score (nSPS) is 19.1. The summed E-state index contributed by atoms with van der Waals surface area (Å²) in [6.45, 7) is 6.29. The minimum Gasteiger partial charge on any atom is -0.358 e. The van der Waals surface area contributed by atoms with Crippen molar-refractivity contribution in [1.29, 1.82) is 0 Å². The highest BCUT2D eigenvalue weighted by Crippen LogP contribution is 2.47. The molecule has 0 atom stereocenters. The van der Waals surface area contributed by atoms with Gasteiger partial charge in [0.25, 0.3) is 0 Å². The minimum absolute atomic E-state index is 0. The van der Waals surface area contributed by atoms with Crippen LogP contribution in [0.3, 0.4) is 0 Å². The summed E-state index contributed by atoms with van der Waals surface area (Å²) in [6, 6.07) is 10.7. The summed E-state index contributed by atoms with van der Waals surface area (Å²) >= 11 is 0. The lowest BCUT2D eigenvalue weighted by atomic mass is 9.68. The molecule has 1 aromatic carbocycles. The molecule has 0 bridgehead atoms. The molecule has 2 aromatic rings. The number of fused-ring (bicyclic) bond motifs is 1. The fourth-order valence-corrected chi connectivity index (χ4v) is 4.18. The van der Waals surface area contributed by atoms with Gasteiger partial charge in [-0.25, -0.2) is 0 Å². The molecule has 2 N–H and O–H groups in total. The molecule has 0 amide bonds. The van der Waals surface area contributed by atoms with Gasteiger partial charge in [-0.2, -0.15) is 0 Å². The molecule has 2 aliphatic rings. The number of aromatic nitrogens is 1. The number of aliphatic imine (C=N–C) groups is 1. The van der Waals surface area contributed by atoms with Crippen molar-refractivity contribution >= 4 is 40.8 Å². The van der Waals surface area contributed by atoms with Gasteiger partial charge in [-0.15, -0.1) is 24.0 Å². The first-order valence-electron chi connectivity index (χ1n) is 9.38. The van der Waals surface area contributed by atoms with E-state index in [2.05, 4.69) is 52.5 Å². The number of aromatic amines is 1. The number of hydrogen-bond donors (Lipinski definition) is 2. The van der Waals surface area contributed by atoms with E-state index >= 15 is 0 Å². The Balaban J connectivity index is 0.00000182. The number of halogens is 1. The monoisotopic (exact) mass is 452 g/mol. The molecule has 25 heavy (non-hydrogen) atoms. The zero-order valence-electron chi connectivity index (χ0n) is 15.1. The number of rotatable bonds is 4. The molecule has 1 aliphatic heterocycles. The van der Waals surface area contributed by atoms with Gasteiger partial charge in [-0.1, -0.05) is 24.6 Å². The lowest BCUT2D eigenvalue weighted by molar-refractivity contribution is 0.151. The molecular formula is C20H29IN4. The van der Waals surface area contributed by atoms with Gasteiger partial charge in [0.1, 0.15) is 0 Å². The van der Waals surface area contributed by atoms with Gasteiger partial charge in [0, 0.05) is 43.8 Å². The number of benzene rings is 1. The average Bonchev–Trinajstić information content (AvgIpc) is 3.18. The predicted octanol–water partition coefficient (Wildman–Crippen LogP) is 4.17. The topological polar surface area (TPSA) is 43.4 Å². The van der Waals surface area contributed by atoms with Crippen LogP contribution in [0, 0.1) is 5.41 Å². The average molecular weight is 452 g/mol. The number of para-hydroxylation sites is 1. The van der Waals surface area contributed by atoms with E-state index in [-0.39, 0.29) is 24.0 Å². The summed E-state index contributed by atoms with van der Waals surface area (Å²) in [6.07, 6.45) is 6.56. The molecule has 1 saturated heterocycles. The number of nitrogens with zero attached hydrogens (tertiary/aromatic N) is 2. The minimum atomic E-state index is 0. The van der Waals surface area contributed by atoms with E-state index in [0.717, 1.165) is 32.0 Å². The van der Waals surface area contributed by atoms with Crippen LogP contribution in [-0.2, 0) is 6.42 Å². The van der Waals surface area contributed by atoms with Crippen LogP contribution in [0.2, 0.25) is 0 Å². The number of nitrogens with one attached hydrogen (secondary N) is 2. The first-order chi connectivity index (χ1) is 11.8. The molecule has 4 rings (SSSR count). The van der Waals surface area contributed by atoms with Gasteiger partial charge < -0.3 is 15.2 Å². The van der Waals surface area contributed by atoms with Crippen LogP contribution in [0.4, 0.5) is 0 Å². The Kier molecular flexibility index (Phi) is 5.92. The number of likely N-dealkylation sites (tertiary alicyclic amines) is 1. The van der Waals surface area contributed by atoms with Gasteiger partial charge in [-0.3, -0.25) is 4.99 Å². The third kappa shape index (κ3) is 3.96.